The molecule has 1 aromatic rings. The fourth-order valence-corrected chi connectivity index (χ4v) is 5.89. The van der Waals surface area contributed by atoms with E-state index >= 15 is 0 Å². The van der Waals surface area contributed by atoms with Gasteiger partial charge in [0.05, 0.1) is 22.7 Å². The van der Waals surface area contributed by atoms with Crippen molar-refractivity contribution in [3.8, 4) is 6.07 Å². The Labute approximate surface area is 178 Å². The van der Waals surface area contributed by atoms with Gasteiger partial charge in [-0.1, -0.05) is 6.07 Å². The summed E-state index contributed by atoms with van der Waals surface area (Å²) in [5.41, 5.74) is -0.539. The lowest BCUT2D eigenvalue weighted by Gasteiger charge is -2.61. The van der Waals surface area contributed by atoms with E-state index in [4.69, 9.17) is 5.26 Å². The van der Waals surface area contributed by atoms with Gasteiger partial charge in [-0.3, -0.25) is 4.79 Å². The van der Waals surface area contributed by atoms with Crippen LogP contribution in [-0.2, 0) is 17.4 Å². The van der Waals surface area contributed by atoms with Crippen molar-refractivity contribution in [2.45, 2.75) is 43.8 Å². The minimum atomic E-state index is -4.52. The number of hydrogen-bond donors (Lipinski definition) is 1. The Kier molecular flexibility index (Phi) is 4.30. The van der Waals surface area contributed by atoms with Gasteiger partial charge in [0.1, 0.15) is 0 Å². The molecule has 3 amide bonds. The first-order valence-electron chi connectivity index (χ1n) is 10.6. The predicted octanol–water partition coefficient (Wildman–Crippen LogP) is 2.92. The highest BCUT2D eigenvalue weighted by atomic mass is 19.4. The first-order valence-corrected chi connectivity index (χ1v) is 10.6. The fourth-order valence-electron chi connectivity index (χ4n) is 5.89. The topological polar surface area (TPSA) is 76.4 Å². The number of nitriles is 1. The second kappa shape index (κ2) is 6.62. The van der Waals surface area contributed by atoms with E-state index in [1.807, 2.05) is 4.90 Å². The van der Waals surface area contributed by atoms with Gasteiger partial charge in [-0.15, -0.1) is 0 Å². The Balaban J connectivity index is 1.10. The van der Waals surface area contributed by atoms with Gasteiger partial charge in [-0.2, -0.15) is 18.4 Å². The van der Waals surface area contributed by atoms with Gasteiger partial charge < -0.3 is 15.1 Å². The summed E-state index contributed by atoms with van der Waals surface area (Å²) in [7, 11) is 0. The smallest absolute Gasteiger partial charge is 0.347 e. The molecule has 3 heterocycles. The van der Waals surface area contributed by atoms with Crippen molar-refractivity contribution in [2.75, 3.05) is 26.2 Å². The second-order valence-electron chi connectivity index (χ2n) is 9.79. The molecule has 1 saturated carbocycles. The standard InChI is InChI=1S/C22H23F3N4O2/c23-22(24,25)17-2-1-14(6-16(17)9-26)5-15-7-20(8-15)10-28(11-20)19(31)29-12-21(13-29)4-3-18(30)27-21/h1-2,6,15H,3-5,7-8,10-13H2,(H,27,30). The minimum absolute atomic E-state index is 0.0299. The predicted molar refractivity (Wildman–Crippen MR) is 104 cm³/mol. The summed E-state index contributed by atoms with van der Waals surface area (Å²) < 4.78 is 38.8. The average Bonchev–Trinajstić information content (AvgIpc) is 3.02. The molecule has 164 valence electrons. The molecule has 0 aromatic heterocycles. The van der Waals surface area contributed by atoms with Gasteiger partial charge in [0.2, 0.25) is 5.91 Å². The van der Waals surface area contributed by atoms with E-state index in [1.165, 1.54) is 12.1 Å². The number of benzene rings is 1. The van der Waals surface area contributed by atoms with Crippen LogP contribution in [0, 0.1) is 22.7 Å². The molecule has 0 unspecified atom stereocenters. The van der Waals surface area contributed by atoms with Crippen LogP contribution in [0.3, 0.4) is 0 Å². The van der Waals surface area contributed by atoms with Crippen molar-refractivity contribution in [3.63, 3.8) is 0 Å². The largest absolute Gasteiger partial charge is 0.417 e. The Morgan fingerprint density at radius 1 is 1.19 bits per heavy atom. The lowest BCUT2D eigenvalue weighted by Crippen LogP contribution is -2.73. The van der Waals surface area contributed by atoms with Crippen LogP contribution in [0.2, 0.25) is 0 Å². The summed E-state index contributed by atoms with van der Waals surface area (Å²) >= 11 is 0. The zero-order chi connectivity index (χ0) is 22.0. The van der Waals surface area contributed by atoms with Gasteiger partial charge in [0, 0.05) is 38.0 Å². The van der Waals surface area contributed by atoms with Crippen molar-refractivity contribution >= 4 is 11.9 Å². The third kappa shape index (κ3) is 3.42. The Hall–Kier alpha value is -2.76. The molecule has 1 aromatic carbocycles. The third-order valence-corrected chi connectivity index (χ3v) is 7.29. The summed E-state index contributed by atoms with van der Waals surface area (Å²) in [4.78, 5) is 27.7. The van der Waals surface area contributed by atoms with E-state index in [1.54, 1.807) is 11.0 Å². The molecule has 5 rings (SSSR count). The van der Waals surface area contributed by atoms with E-state index in [2.05, 4.69) is 5.32 Å². The van der Waals surface area contributed by atoms with E-state index in [0.717, 1.165) is 30.9 Å². The van der Waals surface area contributed by atoms with Gasteiger partial charge in [-0.25, -0.2) is 4.79 Å². The van der Waals surface area contributed by atoms with Gasteiger partial charge >= 0.3 is 12.2 Å². The molecule has 0 atom stereocenters. The van der Waals surface area contributed by atoms with Crippen molar-refractivity contribution in [2.24, 2.45) is 11.3 Å². The number of alkyl halides is 3. The monoisotopic (exact) mass is 432 g/mol. The lowest BCUT2D eigenvalue weighted by atomic mass is 9.56. The molecule has 1 aliphatic carbocycles. The zero-order valence-corrected chi connectivity index (χ0v) is 17.0. The highest BCUT2D eigenvalue weighted by Gasteiger charge is 2.56. The van der Waals surface area contributed by atoms with Crippen molar-refractivity contribution in [1.82, 2.24) is 15.1 Å². The number of likely N-dealkylation sites (tertiary alicyclic amines) is 2. The summed E-state index contributed by atoms with van der Waals surface area (Å²) in [6, 6.07) is 5.51. The van der Waals surface area contributed by atoms with Gasteiger partial charge in [0.15, 0.2) is 0 Å². The number of carbonyl (C=O) groups excluding carboxylic acids is 2. The molecule has 31 heavy (non-hydrogen) atoms. The average molecular weight is 432 g/mol. The van der Waals surface area contributed by atoms with E-state index in [-0.39, 0.29) is 28.5 Å². The van der Waals surface area contributed by atoms with Crippen LogP contribution in [0.5, 0.6) is 0 Å². The van der Waals surface area contributed by atoms with Crippen LogP contribution in [0.25, 0.3) is 0 Å². The van der Waals surface area contributed by atoms with Crippen LogP contribution >= 0.6 is 0 Å². The van der Waals surface area contributed by atoms with Gasteiger partial charge in [-0.05, 0) is 49.3 Å². The minimum Gasteiger partial charge on any atom is -0.347 e. The molecule has 2 spiro atoms. The molecule has 3 saturated heterocycles. The first-order chi connectivity index (χ1) is 14.6. The van der Waals surface area contributed by atoms with Crippen LogP contribution < -0.4 is 5.32 Å². The molecular formula is C22H23F3N4O2. The highest BCUT2D eigenvalue weighted by Crippen LogP contribution is 2.53. The maximum Gasteiger partial charge on any atom is 0.417 e. The molecule has 6 nitrogen and oxygen atoms in total. The summed E-state index contributed by atoms with van der Waals surface area (Å²) in [5.74, 6) is 0.423. The molecule has 3 aliphatic heterocycles. The normalized spacial score (nSPS) is 23.7. The van der Waals surface area contributed by atoms with E-state index in [0.29, 0.717) is 44.9 Å². The van der Waals surface area contributed by atoms with Crippen molar-refractivity contribution in [3.05, 3.63) is 34.9 Å². The Morgan fingerprint density at radius 3 is 2.45 bits per heavy atom. The lowest BCUT2D eigenvalue weighted by molar-refractivity contribution is -0.137. The zero-order valence-electron chi connectivity index (χ0n) is 17.0. The number of rotatable bonds is 2. The fraction of sp³-hybridized carbons (Fsp3) is 0.591. The van der Waals surface area contributed by atoms with Crippen molar-refractivity contribution in [1.29, 1.82) is 5.26 Å². The summed E-state index contributed by atoms with van der Waals surface area (Å²) in [6.45, 7) is 2.60. The Bertz CT molecular complexity index is 979. The number of nitrogens with one attached hydrogen (secondary N) is 1. The maximum atomic E-state index is 12.9. The SMILES string of the molecule is N#Cc1cc(CC2CC3(C2)CN(C(=O)N2CC4(CCC(=O)N4)C2)C3)ccc1C(F)(F)F. The summed E-state index contributed by atoms with van der Waals surface area (Å²) in [5, 5.41) is 12.0. The number of hydrogen-bond acceptors (Lipinski definition) is 3. The van der Waals surface area contributed by atoms with Crippen LogP contribution in [0.4, 0.5) is 18.0 Å². The molecule has 4 fully saturated rings. The van der Waals surface area contributed by atoms with Crippen LogP contribution in [0.1, 0.15) is 42.4 Å². The maximum absolute atomic E-state index is 12.9. The molecule has 4 aliphatic rings. The number of halogens is 3. The molecule has 0 bridgehead atoms. The number of nitrogens with zero attached hydrogens (tertiary/aromatic N) is 3. The van der Waals surface area contributed by atoms with Crippen LogP contribution in [0.15, 0.2) is 18.2 Å². The number of urea groups is 1. The molecule has 1 N–H and O–H groups in total. The summed E-state index contributed by atoms with van der Waals surface area (Å²) in [6.07, 6.45) is -0.661. The van der Waals surface area contributed by atoms with Gasteiger partial charge in [0.25, 0.3) is 0 Å². The Morgan fingerprint density at radius 2 is 1.87 bits per heavy atom. The van der Waals surface area contributed by atoms with Crippen molar-refractivity contribution < 1.29 is 22.8 Å². The number of amides is 3. The quantitative estimate of drug-likeness (QED) is 0.781. The first kappa shape index (κ1) is 20.2. The third-order valence-electron chi connectivity index (χ3n) is 7.29. The van der Waals surface area contributed by atoms with E-state index in [9.17, 15) is 22.8 Å². The molecule has 0 radical (unpaired) electrons. The molecular weight excluding hydrogens is 409 g/mol. The molecule has 9 heteroatoms. The van der Waals surface area contributed by atoms with E-state index < -0.39 is 11.7 Å². The number of carbonyl (C=O) groups is 2. The van der Waals surface area contributed by atoms with Crippen LogP contribution in [-0.4, -0.2) is 53.5 Å². The second-order valence-corrected chi connectivity index (χ2v) is 9.79. The highest BCUT2D eigenvalue weighted by molar-refractivity contribution is 5.82.